The summed E-state index contributed by atoms with van der Waals surface area (Å²) in [4.78, 5) is 7.96. The first-order valence-electron chi connectivity index (χ1n) is 5.40. The Hall–Kier alpha value is -2.16. The molecule has 0 spiro atoms. The van der Waals surface area contributed by atoms with Crippen LogP contribution in [0.15, 0.2) is 17.3 Å². The van der Waals surface area contributed by atoms with Crippen molar-refractivity contribution in [1.29, 1.82) is 0 Å². The molecule has 2 aromatic heterocycles. The number of anilines is 2. The van der Waals surface area contributed by atoms with E-state index in [4.69, 9.17) is 5.73 Å². The van der Waals surface area contributed by atoms with Crippen molar-refractivity contribution in [2.75, 3.05) is 24.4 Å². The topological polar surface area (TPSA) is 116 Å². The van der Waals surface area contributed by atoms with Crippen LogP contribution in [0.5, 0.6) is 0 Å². The number of nitrogens with zero attached hydrogens (tertiary/aromatic N) is 4. The Morgan fingerprint density at radius 3 is 2.53 bits per heavy atom. The zero-order chi connectivity index (χ0) is 14.2. The molecule has 0 unspecified atom stereocenters. The molecular formula is C10H14N6O2S. The summed E-state index contributed by atoms with van der Waals surface area (Å²) < 4.78 is 24.8. The standard InChI is InChI=1S/C10H14N6O2S/c1-6-4-7(14-5-13-6)16-9(11)8(19(3,17)18)10(12-2)15-16/h4-5H,11H2,1-3H3,(H,12,15). The maximum atomic E-state index is 11.7. The van der Waals surface area contributed by atoms with Crippen LogP contribution in [0, 0.1) is 6.92 Å². The minimum Gasteiger partial charge on any atom is -0.382 e. The van der Waals surface area contributed by atoms with Crippen molar-refractivity contribution in [3.8, 4) is 5.82 Å². The molecule has 8 nitrogen and oxygen atoms in total. The lowest BCUT2D eigenvalue weighted by atomic mass is 10.4. The van der Waals surface area contributed by atoms with E-state index >= 15 is 0 Å². The summed E-state index contributed by atoms with van der Waals surface area (Å²) in [5, 5.41) is 6.83. The normalized spacial score (nSPS) is 11.5. The second-order valence-corrected chi connectivity index (χ2v) is 5.97. The zero-order valence-electron chi connectivity index (χ0n) is 10.7. The lowest BCUT2D eigenvalue weighted by molar-refractivity contribution is 0.602. The van der Waals surface area contributed by atoms with Gasteiger partial charge < -0.3 is 11.1 Å². The second-order valence-electron chi connectivity index (χ2n) is 4.01. The molecule has 102 valence electrons. The highest BCUT2D eigenvalue weighted by molar-refractivity contribution is 7.91. The summed E-state index contributed by atoms with van der Waals surface area (Å²) in [7, 11) is -1.91. The Morgan fingerprint density at radius 1 is 1.37 bits per heavy atom. The van der Waals surface area contributed by atoms with E-state index in [9.17, 15) is 8.42 Å². The highest BCUT2D eigenvalue weighted by Crippen LogP contribution is 2.28. The average Bonchev–Trinajstić information content (AvgIpc) is 2.66. The Morgan fingerprint density at radius 2 is 2.05 bits per heavy atom. The quantitative estimate of drug-likeness (QED) is 0.813. The first kappa shape index (κ1) is 13.3. The number of nitrogen functional groups attached to an aromatic ring is 1. The molecule has 3 N–H and O–H groups in total. The molecule has 0 saturated carbocycles. The molecule has 0 atom stereocenters. The van der Waals surface area contributed by atoms with Crippen LogP contribution in [-0.2, 0) is 9.84 Å². The van der Waals surface area contributed by atoms with Gasteiger partial charge in [0.15, 0.2) is 26.4 Å². The van der Waals surface area contributed by atoms with E-state index in [0.29, 0.717) is 5.82 Å². The van der Waals surface area contributed by atoms with Crippen LogP contribution < -0.4 is 11.1 Å². The smallest absolute Gasteiger partial charge is 0.182 e. The first-order valence-corrected chi connectivity index (χ1v) is 7.29. The largest absolute Gasteiger partial charge is 0.382 e. The first-order chi connectivity index (χ1) is 8.84. The molecule has 0 aromatic carbocycles. The van der Waals surface area contributed by atoms with Crippen LogP contribution in [0.2, 0.25) is 0 Å². The number of nitrogens with one attached hydrogen (secondary N) is 1. The molecule has 0 amide bonds. The molecule has 0 aliphatic heterocycles. The fourth-order valence-corrected chi connectivity index (χ4v) is 2.64. The predicted octanol–water partition coefficient (Wildman–Crippen LogP) is -0.00188. The summed E-state index contributed by atoms with van der Waals surface area (Å²) in [6.45, 7) is 1.79. The van der Waals surface area contributed by atoms with Crippen LogP contribution in [0.25, 0.3) is 5.82 Å². The SMILES string of the molecule is CNc1nn(-c2cc(C)ncn2)c(N)c1S(C)(=O)=O. The lowest BCUT2D eigenvalue weighted by Gasteiger charge is -2.03. The summed E-state index contributed by atoms with van der Waals surface area (Å²) in [5.41, 5.74) is 6.60. The van der Waals surface area contributed by atoms with E-state index in [0.717, 1.165) is 11.9 Å². The van der Waals surface area contributed by atoms with Gasteiger partial charge in [-0.15, -0.1) is 5.10 Å². The van der Waals surface area contributed by atoms with E-state index in [2.05, 4.69) is 20.4 Å². The summed E-state index contributed by atoms with van der Waals surface area (Å²) in [6, 6.07) is 1.66. The van der Waals surface area contributed by atoms with E-state index < -0.39 is 9.84 Å². The molecule has 0 radical (unpaired) electrons. The number of hydrogen-bond donors (Lipinski definition) is 2. The van der Waals surface area contributed by atoms with Crippen molar-refractivity contribution in [3.63, 3.8) is 0 Å². The van der Waals surface area contributed by atoms with Gasteiger partial charge in [-0.2, -0.15) is 4.68 Å². The third-order valence-electron chi connectivity index (χ3n) is 2.49. The fourth-order valence-electron chi connectivity index (χ4n) is 1.68. The number of rotatable bonds is 3. The average molecular weight is 282 g/mol. The van der Waals surface area contributed by atoms with Crippen LogP contribution in [0.1, 0.15) is 5.69 Å². The molecule has 2 rings (SSSR count). The molecule has 2 heterocycles. The highest BCUT2D eigenvalue weighted by atomic mass is 32.2. The van der Waals surface area contributed by atoms with E-state index in [1.807, 2.05) is 0 Å². The summed E-state index contributed by atoms with van der Waals surface area (Å²) in [5.74, 6) is 0.623. The van der Waals surface area contributed by atoms with Gasteiger partial charge in [0, 0.05) is 25.1 Å². The number of sulfone groups is 1. The Balaban J connectivity index is 2.71. The zero-order valence-corrected chi connectivity index (χ0v) is 11.6. The molecule has 0 saturated heterocycles. The fraction of sp³-hybridized carbons (Fsp3) is 0.300. The van der Waals surface area contributed by atoms with Gasteiger partial charge in [0.1, 0.15) is 12.1 Å². The van der Waals surface area contributed by atoms with Crippen molar-refractivity contribution >= 4 is 21.5 Å². The van der Waals surface area contributed by atoms with E-state index in [-0.39, 0.29) is 16.5 Å². The van der Waals surface area contributed by atoms with Crippen molar-refractivity contribution in [3.05, 3.63) is 18.1 Å². The predicted molar refractivity (Wildman–Crippen MR) is 71.0 cm³/mol. The van der Waals surface area contributed by atoms with Crippen molar-refractivity contribution in [2.24, 2.45) is 0 Å². The van der Waals surface area contributed by atoms with Gasteiger partial charge in [0.2, 0.25) is 0 Å². The highest BCUT2D eigenvalue weighted by Gasteiger charge is 2.24. The van der Waals surface area contributed by atoms with Crippen molar-refractivity contribution < 1.29 is 8.42 Å². The van der Waals surface area contributed by atoms with Crippen LogP contribution in [0.3, 0.4) is 0 Å². The lowest BCUT2D eigenvalue weighted by Crippen LogP contribution is -2.07. The molecule has 9 heteroatoms. The van der Waals surface area contributed by atoms with Gasteiger partial charge in [-0.25, -0.2) is 18.4 Å². The monoisotopic (exact) mass is 282 g/mol. The molecule has 0 bridgehead atoms. The van der Waals surface area contributed by atoms with Crippen molar-refractivity contribution in [2.45, 2.75) is 11.8 Å². The molecule has 19 heavy (non-hydrogen) atoms. The number of aromatic nitrogens is 4. The van der Waals surface area contributed by atoms with Gasteiger partial charge in [0.25, 0.3) is 0 Å². The maximum Gasteiger partial charge on any atom is 0.182 e. The van der Waals surface area contributed by atoms with Crippen LogP contribution in [0.4, 0.5) is 11.6 Å². The van der Waals surface area contributed by atoms with Crippen molar-refractivity contribution in [1.82, 2.24) is 19.7 Å². The third-order valence-corrected chi connectivity index (χ3v) is 3.63. The minimum absolute atomic E-state index is 0.0185. The number of hydrogen-bond acceptors (Lipinski definition) is 7. The molecule has 0 aliphatic rings. The number of aryl methyl sites for hydroxylation is 1. The second kappa shape index (κ2) is 4.50. The molecule has 0 aliphatic carbocycles. The maximum absolute atomic E-state index is 11.7. The van der Waals surface area contributed by atoms with Gasteiger partial charge in [-0.1, -0.05) is 0 Å². The van der Waals surface area contributed by atoms with Crippen LogP contribution in [-0.4, -0.2) is 41.5 Å². The van der Waals surface area contributed by atoms with Gasteiger partial charge in [0.05, 0.1) is 0 Å². The van der Waals surface area contributed by atoms with Gasteiger partial charge in [-0.05, 0) is 6.92 Å². The third kappa shape index (κ3) is 2.36. The summed E-state index contributed by atoms with van der Waals surface area (Å²) in [6.07, 6.45) is 2.45. The van der Waals surface area contributed by atoms with Gasteiger partial charge in [-0.3, -0.25) is 0 Å². The summed E-state index contributed by atoms with van der Waals surface area (Å²) >= 11 is 0. The number of nitrogens with two attached hydrogens (primary N) is 1. The Bertz CT molecular complexity index is 722. The minimum atomic E-state index is -3.49. The molecular weight excluding hydrogens is 268 g/mol. The van der Waals surface area contributed by atoms with Gasteiger partial charge >= 0.3 is 0 Å². The molecule has 2 aromatic rings. The molecule has 0 fully saturated rings. The van der Waals surface area contributed by atoms with E-state index in [1.165, 1.54) is 11.0 Å². The Labute approximate surface area is 110 Å². The van der Waals surface area contributed by atoms with E-state index in [1.54, 1.807) is 20.0 Å². The van der Waals surface area contributed by atoms with Crippen LogP contribution >= 0.6 is 0 Å². The Kier molecular flexibility index (Phi) is 3.14.